The van der Waals surface area contributed by atoms with Gasteiger partial charge in [-0.3, -0.25) is 14.4 Å². The molecule has 0 saturated heterocycles. The van der Waals surface area contributed by atoms with E-state index in [0.717, 1.165) is 173 Å². The lowest BCUT2D eigenvalue weighted by Gasteiger charge is -2.18. The average Bonchev–Trinajstić information content (AvgIpc) is 3.40. The van der Waals surface area contributed by atoms with Gasteiger partial charge in [0.1, 0.15) is 13.2 Å². The molecule has 0 aliphatic carbocycles. The zero-order chi connectivity index (χ0) is 53.6. The summed E-state index contributed by atoms with van der Waals surface area (Å²) in [6.07, 6.45) is 88.4. The van der Waals surface area contributed by atoms with E-state index < -0.39 is 6.10 Å². The fourth-order valence-electron chi connectivity index (χ4n) is 7.42. The molecule has 0 aromatic carbocycles. The van der Waals surface area contributed by atoms with Crippen LogP contribution in [0.25, 0.3) is 0 Å². The van der Waals surface area contributed by atoms with Crippen molar-refractivity contribution < 1.29 is 28.6 Å². The molecule has 0 rings (SSSR count). The third-order valence-corrected chi connectivity index (χ3v) is 11.8. The van der Waals surface area contributed by atoms with Gasteiger partial charge < -0.3 is 14.2 Å². The SMILES string of the molecule is CC/C=C\C/C=C\C/C=C\C/C=C\C/C=C\C/C=C\C/C=C\C/C=C\CCCCCCC(=O)OCC(COC(=O)CCCCCCCC)OC(=O)CCCCCCC/C=C\C/C=C\C/C=C\C/C=C\C/C=C\CC. The Morgan fingerprint density at radius 2 is 0.527 bits per heavy atom. The Kier molecular flexibility index (Phi) is 56.5. The first-order valence-electron chi connectivity index (χ1n) is 29.5. The van der Waals surface area contributed by atoms with Crippen LogP contribution in [0.3, 0.4) is 0 Å². The Morgan fingerprint density at radius 1 is 0.284 bits per heavy atom. The summed E-state index contributed by atoms with van der Waals surface area (Å²) in [5, 5.41) is 0. The van der Waals surface area contributed by atoms with Crippen LogP contribution in [0.5, 0.6) is 0 Å². The van der Waals surface area contributed by atoms with Crippen molar-refractivity contribution in [2.75, 3.05) is 13.2 Å². The number of rotatable bonds is 51. The number of carbonyl (C=O) groups excluding carboxylic acids is 3. The average molecular weight is 1020 g/mol. The maximum atomic E-state index is 12.8. The molecule has 0 spiro atoms. The van der Waals surface area contributed by atoms with Crippen molar-refractivity contribution >= 4 is 17.9 Å². The summed E-state index contributed by atoms with van der Waals surface area (Å²) in [5.74, 6) is -0.965. The zero-order valence-electron chi connectivity index (χ0n) is 47.3. The lowest BCUT2D eigenvalue weighted by Crippen LogP contribution is -2.30. The first-order valence-corrected chi connectivity index (χ1v) is 29.5. The Hall–Kier alpha value is -4.97. The third-order valence-electron chi connectivity index (χ3n) is 11.8. The van der Waals surface area contributed by atoms with Crippen molar-refractivity contribution in [1.82, 2.24) is 0 Å². The predicted molar refractivity (Wildman–Crippen MR) is 320 cm³/mol. The molecule has 74 heavy (non-hydrogen) atoms. The van der Waals surface area contributed by atoms with Crippen LogP contribution in [0.4, 0.5) is 0 Å². The largest absolute Gasteiger partial charge is 0.462 e. The molecule has 0 fully saturated rings. The van der Waals surface area contributed by atoms with Crippen LogP contribution in [-0.2, 0) is 28.6 Å². The third kappa shape index (κ3) is 57.9. The van der Waals surface area contributed by atoms with Gasteiger partial charge in [-0.2, -0.15) is 0 Å². The second-order valence-corrected chi connectivity index (χ2v) is 18.8. The van der Waals surface area contributed by atoms with Crippen LogP contribution in [0.1, 0.15) is 233 Å². The van der Waals surface area contributed by atoms with Crippen molar-refractivity contribution in [3.05, 3.63) is 158 Å². The lowest BCUT2D eigenvalue weighted by molar-refractivity contribution is -0.167. The molecule has 0 aliphatic heterocycles. The van der Waals surface area contributed by atoms with Crippen molar-refractivity contribution in [1.29, 1.82) is 0 Å². The van der Waals surface area contributed by atoms with E-state index in [-0.39, 0.29) is 31.1 Å². The highest BCUT2D eigenvalue weighted by Gasteiger charge is 2.19. The molecule has 0 amide bonds. The molecular weight excluding hydrogens is 913 g/mol. The lowest BCUT2D eigenvalue weighted by atomic mass is 10.1. The quantitative estimate of drug-likeness (QED) is 0.0261. The molecule has 0 saturated carbocycles. The number of hydrogen-bond donors (Lipinski definition) is 0. The number of esters is 3. The van der Waals surface area contributed by atoms with Crippen molar-refractivity contribution in [3.63, 3.8) is 0 Å². The fraction of sp³-hybridized carbons (Fsp3) is 0.574. The van der Waals surface area contributed by atoms with Crippen molar-refractivity contribution in [2.24, 2.45) is 0 Å². The molecule has 414 valence electrons. The molecule has 0 aromatic heterocycles. The van der Waals surface area contributed by atoms with Crippen LogP contribution < -0.4 is 0 Å². The van der Waals surface area contributed by atoms with E-state index in [1.807, 2.05) is 0 Å². The topological polar surface area (TPSA) is 78.9 Å². The van der Waals surface area contributed by atoms with Crippen LogP contribution in [0.2, 0.25) is 0 Å². The summed E-state index contributed by atoms with van der Waals surface area (Å²) in [5.41, 5.74) is 0. The van der Waals surface area contributed by atoms with Crippen LogP contribution >= 0.6 is 0 Å². The van der Waals surface area contributed by atoms with Crippen LogP contribution in [-0.4, -0.2) is 37.2 Å². The summed E-state index contributed by atoms with van der Waals surface area (Å²) in [7, 11) is 0. The van der Waals surface area contributed by atoms with Gasteiger partial charge in [-0.15, -0.1) is 0 Å². The number of hydrogen-bond acceptors (Lipinski definition) is 6. The summed E-state index contributed by atoms with van der Waals surface area (Å²) in [6.45, 7) is 6.29. The molecule has 6 nitrogen and oxygen atoms in total. The van der Waals surface area contributed by atoms with Gasteiger partial charge in [0.25, 0.3) is 0 Å². The molecular formula is C68H106O6. The Labute approximate surface area is 454 Å². The monoisotopic (exact) mass is 1020 g/mol. The summed E-state index contributed by atoms with van der Waals surface area (Å²) in [4.78, 5) is 37.9. The standard InChI is InChI=1S/C68H106O6/c1-4-7-10-13-16-18-20-22-24-26-28-30-31-32-33-34-35-36-37-39-40-42-44-46-48-50-52-55-58-61-67(70)73-64-65(63-72-66(69)60-57-54-15-12-9-6-3)74-68(71)62-59-56-53-51-49-47-45-43-41-38-29-27-25-23-21-19-17-14-11-8-5-2/h7-8,10-11,16-19,22-25,28-30,32-33,35-36,38-40,43-46,65H,4-6,9,12-15,20-21,26-27,31,34,37,41-42,47-64H2,1-3H3/b10-7-,11-8-,18-16-,19-17-,24-22-,25-23-,30-28-,33-32-,36-35-,38-29-,40-39-,45-43-,46-44-. The molecule has 0 aliphatic rings. The highest BCUT2D eigenvalue weighted by atomic mass is 16.6. The number of unbranched alkanes of at least 4 members (excludes halogenated alkanes) is 14. The Balaban J connectivity index is 4.28. The first-order chi connectivity index (χ1) is 36.5. The van der Waals surface area contributed by atoms with Crippen molar-refractivity contribution in [3.8, 4) is 0 Å². The summed E-state index contributed by atoms with van der Waals surface area (Å²) < 4.78 is 16.7. The second kappa shape index (κ2) is 60.6. The highest BCUT2D eigenvalue weighted by molar-refractivity contribution is 5.71. The second-order valence-electron chi connectivity index (χ2n) is 18.8. The zero-order valence-corrected chi connectivity index (χ0v) is 47.3. The molecule has 0 heterocycles. The minimum absolute atomic E-state index is 0.101. The molecule has 0 aromatic rings. The van der Waals surface area contributed by atoms with Crippen LogP contribution in [0, 0.1) is 0 Å². The highest BCUT2D eigenvalue weighted by Crippen LogP contribution is 2.13. The molecule has 0 radical (unpaired) electrons. The minimum atomic E-state index is -0.804. The Bertz CT molecular complexity index is 1690. The van der Waals surface area contributed by atoms with Gasteiger partial charge in [0, 0.05) is 19.3 Å². The minimum Gasteiger partial charge on any atom is -0.462 e. The first kappa shape index (κ1) is 69.0. The van der Waals surface area contributed by atoms with Gasteiger partial charge in [0.15, 0.2) is 6.10 Å². The van der Waals surface area contributed by atoms with Gasteiger partial charge in [0.05, 0.1) is 0 Å². The predicted octanol–water partition coefficient (Wildman–Crippen LogP) is 20.1. The molecule has 0 bridgehead atoms. The molecule has 1 unspecified atom stereocenters. The number of carbonyl (C=O) groups is 3. The van der Waals surface area contributed by atoms with Gasteiger partial charge in [0.2, 0.25) is 0 Å². The fourth-order valence-corrected chi connectivity index (χ4v) is 7.42. The van der Waals surface area contributed by atoms with E-state index >= 15 is 0 Å². The van der Waals surface area contributed by atoms with E-state index in [1.54, 1.807) is 0 Å². The van der Waals surface area contributed by atoms with E-state index in [9.17, 15) is 14.4 Å². The van der Waals surface area contributed by atoms with E-state index in [2.05, 4.69) is 179 Å². The molecule has 6 heteroatoms. The summed E-state index contributed by atoms with van der Waals surface area (Å²) >= 11 is 0. The summed E-state index contributed by atoms with van der Waals surface area (Å²) in [6, 6.07) is 0. The van der Waals surface area contributed by atoms with E-state index in [0.29, 0.717) is 19.3 Å². The van der Waals surface area contributed by atoms with Crippen molar-refractivity contribution in [2.45, 2.75) is 239 Å². The maximum Gasteiger partial charge on any atom is 0.306 e. The van der Waals surface area contributed by atoms with E-state index in [4.69, 9.17) is 14.2 Å². The van der Waals surface area contributed by atoms with Gasteiger partial charge in [-0.05, 0) is 128 Å². The Morgan fingerprint density at radius 3 is 0.824 bits per heavy atom. The normalized spacial score (nSPS) is 13.3. The molecule has 0 N–H and O–H groups in total. The maximum absolute atomic E-state index is 12.8. The smallest absolute Gasteiger partial charge is 0.306 e. The molecule has 1 atom stereocenters. The van der Waals surface area contributed by atoms with Gasteiger partial charge in [-0.1, -0.05) is 243 Å². The number of ether oxygens (including phenoxy) is 3. The van der Waals surface area contributed by atoms with E-state index in [1.165, 1.54) is 19.3 Å². The van der Waals surface area contributed by atoms with Gasteiger partial charge >= 0.3 is 17.9 Å². The van der Waals surface area contributed by atoms with Gasteiger partial charge in [-0.25, -0.2) is 0 Å². The number of allylic oxidation sites excluding steroid dienone is 26. The van der Waals surface area contributed by atoms with Crippen LogP contribution in [0.15, 0.2) is 158 Å².